The van der Waals surface area contributed by atoms with Crippen molar-refractivity contribution >= 4 is 39.3 Å². The number of carbonyl (C=O) groups excluding carboxylic acids is 1. The molecule has 1 aliphatic rings. The van der Waals surface area contributed by atoms with Crippen LogP contribution < -0.4 is 19.6 Å². The van der Waals surface area contributed by atoms with Crippen LogP contribution in [-0.4, -0.2) is 28.9 Å². The van der Waals surface area contributed by atoms with Gasteiger partial charge in [0.05, 0.1) is 39.5 Å². The number of phenols is 1. The Labute approximate surface area is 214 Å². The Hall–Kier alpha value is -3.17. The van der Waals surface area contributed by atoms with E-state index in [1.807, 2.05) is 38.1 Å². The zero-order valence-corrected chi connectivity index (χ0v) is 22.2. The van der Waals surface area contributed by atoms with Crippen molar-refractivity contribution in [2.24, 2.45) is 4.99 Å². The maximum absolute atomic E-state index is 13.7. The zero-order valence-electron chi connectivity index (χ0n) is 19.8. The number of phenolic OH excluding ortho intramolecular Hbond substituents is 1. The van der Waals surface area contributed by atoms with Crippen LogP contribution in [0.25, 0.3) is 6.08 Å². The van der Waals surface area contributed by atoms with Crippen molar-refractivity contribution in [3.63, 3.8) is 0 Å². The lowest BCUT2D eigenvalue weighted by molar-refractivity contribution is -0.139. The number of carbonyl (C=O) groups is 1. The Kier molecular flexibility index (Phi) is 7.28. The summed E-state index contributed by atoms with van der Waals surface area (Å²) < 4.78 is 13.3. The predicted octanol–water partition coefficient (Wildman–Crippen LogP) is 3.97. The summed E-state index contributed by atoms with van der Waals surface area (Å²) in [6.07, 6.45) is 1.73. The van der Waals surface area contributed by atoms with Crippen LogP contribution in [-0.2, 0) is 9.53 Å². The quantitative estimate of drug-likeness (QED) is 0.464. The number of esters is 1. The molecule has 9 heteroatoms. The normalized spacial score (nSPS) is 15.6. The minimum absolute atomic E-state index is 0.000431. The lowest BCUT2D eigenvalue weighted by atomic mass is 9.95. The Morgan fingerprint density at radius 1 is 1.20 bits per heavy atom. The van der Waals surface area contributed by atoms with E-state index in [1.54, 1.807) is 36.6 Å². The molecule has 1 unspecified atom stereocenters. The molecular formula is C26H25BrN2O5S. The molecule has 182 valence electrons. The molecule has 0 saturated carbocycles. The Morgan fingerprint density at radius 3 is 2.57 bits per heavy atom. The molecule has 0 spiro atoms. The minimum Gasteiger partial charge on any atom is -0.503 e. The summed E-state index contributed by atoms with van der Waals surface area (Å²) >= 11 is 4.58. The molecule has 0 radical (unpaired) electrons. The van der Waals surface area contributed by atoms with Crippen molar-refractivity contribution in [2.75, 3.05) is 13.2 Å². The summed E-state index contributed by atoms with van der Waals surface area (Å²) in [7, 11) is 0. The molecule has 1 atom stereocenters. The lowest BCUT2D eigenvalue weighted by Gasteiger charge is -2.24. The first-order valence-electron chi connectivity index (χ1n) is 11.2. The molecule has 1 aliphatic heterocycles. The van der Waals surface area contributed by atoms with Crippen molar-refractivity contribution in [1.29, 1.82) is 0 Å². The number of thiazole rings is 1. The standard InChI is InChI=1S/C26H25BrN2O5S/c1-5-33-19-12-16(11-18(27)23(19)30)13-20-24(31)29-22(17-9-7-14(3)8-10-17)21(25(32)34-6-2)15(4)28-26(29)35-20/h7-13,22,30H,5-6H2,1-4H3/b20-13-. The van der Waals surface area contributed by atoms with Crippen LogP contribution >= 0.6 is 27.3 Å². The van der Waals surface area contributed by atoms with Gasteiger partial charge in [-0.25, -0.2) is 9.79 Å². The zero-order chi connectivity index (χ0) is 25.3. The second-order valence-corrected chi connectivity index (χ2v) is 9.86. The van der Waals surface area contributed by atoms with Gasteiger partial charge in [0.2, 0.25) is 0 Å². The van der Waals surface area contributed by atoms with Crippen LogP contribution in [0.2, 0.25) is 0 Å². The van der Waals surface area contributed by atoms with Gasteiger partial charge in [-0.2, -0.15) is 0 Å². The van der Waals surface area contributed by atoms with Crippen LogP contribution in [0.3, 0.4) is 0 Å². The number of aromatic hydroxyl groups is 1. The van der Waals surface area contributed by atoms with E-state index >= 15 is 0 Å². The van der Waals surface area contributed by atoms with Crippen LogP contribution in [0.4, 0.5) is 0 Å². The van der Waals surface area contributed by atoms with Crippen LogP contribution in [0.5, 0.6) is 11.5 Å². The van der Waals surface area contributed by atoms with Crippen LogP contribution in [0.1, 0.15) is 43.5 Å². The predicted molar refractivity (Wildman–Crippen MR) is 139 cm³/mol. The molecule has 0 saturated heterocycles. The molecular weight excluding hydrogens is 532 g/mol. The van der Waals surface area contributed by atoms with Gasteiger partial charge >= 0.3 is 5.97 Å². The summed E-state index contributed by atoms with van der Waals surface area (Å²) in [5, 5.41) is 10.2. The smallest absolute Gasteiger partial charge is 0.338 e. The molecule has 4 rings (SSSR count). The van der Waals surface area contributed by atoms with E-state index in [2.05, 4.69) is 20.9 Å². The first-order valence-corrected chi connectivity index (χ1v) is 12.8. The first kappa shape index (κ1) is 24.9. The van der Waals surface area contributed by atoms with E-state index in [0.717, 1.165) is 11.1 Å². The van der Waals surface area contributed by atoms with Gasteiger partial charge in [0.25, 0.3) is 5.56 Å². The molecule has 1 aromatic heterocycles. The monoisotopic (exact) mass is 556 g/mol. The Balaban J connectivity index is 1.93. The highest BCUT2D eigenvalue weighted by Gasteiger charge is 2.33. The summed E-state index contributed by atoms with van der Waals surface area (Å²) in [5.41, 5.74) is 3.15. The van der Waals surface area contributed by atoms with Gasteiger partial charge in [-0.3, -0.25) is 9.36 Å². The number of aromatic nitrogens is 1. The maximum atomic E-state index is 13.7. The van der Waals surface area contributed by atoms with E-state index in [4.69, 9.17) is 9.47 Å². The van der Waals surface area contributed by atoms with E-state index in [0.29, 0.717) is 43.0 Å². The van der Waals surface area contributed by atoms with Gasteiger partial charge in [0.15, 0.2) is 16.3 Å². The average molecular weight is 557 g/mol. The van der Waals surface area contributed by atoms with Crippen molar-refractivity contribution in [2.45, 2.75) is 33.7 Å². The molecule has 0 amide bonds. The van der Waals surface area contributed by atoms with Gasteiger partial charge in [0, 0.05) is 0 Å². The molecule has 2 aromatic carbocycles. The minimum atomic E-state index is -0.654. The third-order valence-electron chi connectivity index (χ3n) is 5.56. The van der Waals surface area contributed by atoms with Crippen molar-refractivity contribution in [1.82, 2.24) is 4.57 Å². The number of hydrogen-bond acceptors (Lipinski definition) is 7. The number of halogens is 1. The van der Waals surface area contributed by atoms with Crippen molar-refractivity contribution in [3.05, 3.63) is 88.5 Å². The van der Waals surface area contributed by atoms with Gasteiger partial charge in [-0.05, 0) is 73.0 Å². The third kappa shape index (κ3) is 4.83. The Bertz CT molecular complexity index is 1500. The van der Waals surface area contributed by atoms with Gasteiger partial charge in [-0.1, -0.05) is 41.2 Å². The van der Waals surface area contributed by atoms with Gasteiger partial charge in [0.1, 0.15) is 0 Å². The summed E-state index contributed by atoms with van der Waals surface area (Å²) in [6.45, 7) is 7.92. The van der Waals surface area contributed by atoms with Crippen molar-refractivity contribution < 1.29 is 19.4 Å². The third-order valence-corrected chi connectivity index (χ3v) is 7.15. The number of nitrogens with zero attached hydrogens (tertiary/aromatic N) is 2. The van der Waals surface area contributed by atoms with Crippen LogP contribution in [0, 0.1) is 6.92 Å². The average Bonchev–Trinajstić information content (AvgIpc) is 3.11. The largest absolute Gasteiger partial charge is 0.503 e. The van der Waals surface area contributed by atoms with E-state index in [9.17, 15) is 14.7 Å². The highest BCUT2D eigenvalue weighted by Crippen LogP contribution is 2.36. The van der Waals surface area contributed by atoms with Crippen LogP contribution in [0.15, 0.2) is 61.9 Å². The molecule has 7 nitrogen and oxygen atoms in total. The molecule has 3 aromatic rings. The molecule has 0 aliphatic carbocycles. The molecule has 0 bridgehead atoms. The molecule has 2 heterocycles. The van der Waals surface area contributed by atoms with Gasteiger partial charge < -0.3 is 14.6 Å². The summed E-state index contributed by atoms with van der Waals surface area (Å²) in [6, 6.07) is 10.5. The number of hydrogen-bond donors (Lipinski definition) is 1. The lowest BCUT2D eigenvalue weighted by Crippen LogP contribution is -2.39. The van der Waals surface area contributed by atoms with E-state index in [1.165, 1.54) is 11.3 Å². The fourth-order valence-electron chi connectivity index (χ4n) is 3.95. The maximum Gasteiger partial charge on any atom is 0.338 e. The van der Waals surface area contributed by atoms with Gasteiger partial charge in [-0.15, -0.1) is 0 Å². The molecule has 0 fully saturated rings. The van der Waals surface area contributed by atoms with E-state index < -0.39 is 12.0 Å². The number of aryl methyl sites for hydroxylation is 1. The fourth-order valence-corrected chi connectivity index (χ4v) is 5.46. The topological polar surface area (TPSA) is 90.1 Å². The number of allylic oxidation sites excluding steroid dienone is 1. The number of fused-ring (bicyclic) bond motifs is 1. The number of ether oxygens (including phenoxy) is 2. The fraction of sp³-hybridized carbons (Fsp3) is 0.269. The van der Waals surface area contributed by atoms with Crippen molar-refractivity contribution in [3.8, 4) is 11.5 Å². The molecule has 1 N–H and O–H groups in total. The highest BCUT2D eigenvalue weighted by atomic mass is 79.9. The highest BCUT2D eigenvalue weighted by molar-refractivity contribution is 9.10. The first-order chi connectivity index (χ1) is 16.7. The summed E-state index contributed by atoms with van der Waals surface area (Å²) in [5.74, 6) is -0.171. The number of benzene rings is 2. The number of rotatable bonds is 6. The Morgan fingerprint density at radius 2 is 1.91 bits per heavy atom. The van der Waals surface area contributed by atoms with E-state index in [-0.39, 0.29) is 17.9 Å². The second kappa shape index (κ2) is 10.2. The summed E-state index contributed by atoms with van der Waals surface area (Å²) in [4.78, 5) is 31.7. The SMILES string of the molecule is CCOC(=O)C1=C(C)N=c2s/c(=C\c3cc(Br)c(O)c(OCC)c3)c(=O)n2C1c1ccc(C)cc1. The molecule has 35 heavy (non-hydrogen) atoms. The second-order valence-electron chi connectivity index (χ2n) is 8.00.